The summed E-state index contributed by atoms with van der Waals surface area (Å²) in [6, 6.07) is 5.43. The first-order valence-electron chi connectivity index (χ1n) is 5.99. The SMILES string of the molecule is CSCc1nn(-c2cc(Cl)ccc2Cl)c2c1CCN2. The lowest BCUT2D eigenvalue weighted by Crippen LogP contribution is -2.05. The van der Waals surface area contributed by atoms with Crippen molar-refractivity contribution in [3.63, 3.8) is 0 Å². The summed E-state index contributed by atoms with van der Waals surface area (Å²) in [7, 11) is 0. The van der Waals surface area contributed by atoms with Gasteiger partial charge in [-0.1, -0.05) is 23.2 Å². The first kappa shape index (κ1) is 13.2. The van der Waals surface area contributed by atoms with Crippen LogP contribution < -0.4 is 5.32 Å². The highest BCUT2D eigenvalue weighted by Gasteiger charge is 2.23. The molecule has 0 radical (unpaired) electrons. The molecule has 1 aliphatic heterocycles. The number of hydrogen-bond donors (Lipinski definition) is 1. The number of nitrogens with zero attached hydrogens (tertiary/aromatic N) is 2. The molecule has 0 spiro atoms. The molecule has 2 heterocycles. The summed E-state index contributed by atoms with van der Waals surface area (Å²) in [5.74, 6) is 1.96. The largest absolute Gasteiger partial charge is 0.369 e. The van der Waals surface area contributed by atoms with Crippen LogP contribution in [0.3, 0.4) is 0 Å². The van der Waals surface area contributed by atoms with Crippen molar-refractivity contribution in [1.29, 1.82) is 0 Å². The van der Waals surface area contributed by atoms with E-state index in [2.05, 4.69) is 16.7 Å². The number of rotatable bonds is 3. The van der Waals surface area contributed by atoms with Crippen LogP contribution in [0.1, 0.15) is 11.3 Å². The van der Waals surface area contributed by atoms with E-state index in [4.69, 9.17) is 23.2 Å². The maximum Gasteiger partial charge on any atom is 0.133 e. The molecule has 0 fully saturated rings. The molecule has 0 bridgehead atoms. The average molecular weight is 314 g/mol. The van der Waals surface area contributed by atoms with Gasteiger partial charge in [-0.2, -0.15) is 16.9 Å². The number of anilines is 1. The van der Waals surface area contributed by atoms with Crippen LogP contribution in [0.15, 0.2) is 18.2 Å². The Kier molecular flexibility index (Phi) is 3.65. The Hall–Kier alpha value is -0.840. The molecule has 0 aliphatic carbocycles. The van der Waals surface area contributed by atoms with Gasteiger partial charge in [0.1, 0.15) is 5.82 Å². The number of aromatic nitrogens is 2. The molecular weight excluding hydrogens is 301 g/mol. The van der Waals surface area contributed by atoms with Crippen molar-refractivity contribution in [3.05, 3.63) is 39.5 Å². The minimum absolute atomic E-state index is 0.652. The van der Waals surface area contributed by atoms with Crippen molar-refractivity contribution in [3.8, 4) is 5.69 Å². The van der Waals surface area contributed by atoms with Crippen molar-refractivity contribution in [1.82, 2.24) is 9.78 Å². The molecule has 1 aliphatic rings. The third-order valence-electron chi connectivity index (χ3n) is 3.15. The number of fused-ring (bicyclic) bond motifs is 1. The fraction of sp³-hybridized carbons (Fsp3) is 0.308. The monoisotopic (exact) mass is 313 g/mol. The fourth-order valence-electron chi connectivity index (χ4n) is 2.32. The van der Waals surface area contributed by atoms with Crippen molar-refractivity contribution in [2.75, 3.05) is 18.1 Å². The standard InChI is InChI=1S/C13H13Cl2N3S/c1-19-7-11-9-4-5-16-13(9)18(17-11)12-6-8(14)2-3-10(12)15/h2-3,6,16H,4-5,7H2,1H3. The molecule has 0 unspecified atom stereocenters. The number of halogens is 2. The maximum atomic E-state index is 6.27. The molecule has 0 saturated carbocycles. The molecule has 1 N–H and O–H groups in total. The maximum absolute atomic E-state index is 6.27. The summed E-state index contributed by atoms with van der Waals surface area (Å²) in [6.07, 6.45) is 3.10. The van der Waals surface area contributed by atoms with E-state index in [0.717, 1.165) is 35.9 Å². The summed E-state index contributed by atoms with van der Waals surface area (Å²) >= 11 is 14.1. The van der Waals surface area contributed by atoms with Crippen LogP contribution in [-0.2, 0) is 12.2 Å². The van der Waals surface area contributed by atoms with Crippen molar-refractivity contribution in [2.24, 2.45) is 0 Å². The highest BCUT2D eigenvalue weighted by Crippen LogP contribution is 2.33. The van der Waals surface area contributed by atoms with Crippen LogP contribution in [-0.4, -0.2) is 22.6 Å². The zero-order chi connectivity index (χ0) is 13.4. The van der Waals surface area contributed by atoms with Crippen molar-refractivity contribution in [2.45, 2.75) is 12.2 Å². The van der Waals surface area contributed by atoms with Crippen LogP contribution >= 0.6 is 35.0 Å². The summed E-state index contributed by atoms with van der Waals surface area (Å²) in [6.45, 7) is 0.951. The molecule has 2 aromatic rings. The molecule has 6 heteroatoms. The second-order valence-corrected chi connectivity index (χ2v) is 6.10. The van der Waals surface area contributed by atoms with E-state index >= 15 is 0 Å². The van der Waals surface area contributed by atoms with Crippen LogP contribution in [0.4, 0.5) is 5.82 Å². The first-order valence-corrected chi connectivity index (χ1v) is 8.14. The average Bonchev–Trinajstić information content (AvgIpc) is 2.97. The lowest BCUT2D eigenvalue weighted by atomic mass is 10.2. The van der Waals surface area contributed by atoms with E-state index in [1.807, 2.05) is 10.7 Å². The third-order valence-corrected chi connectivity index (χ3v) is 4.27. The smallest absolute Gasteiger partial charge is 0.133 e. The highest BCUT2D eigenvalue weighted by molar-refractivity contribution is 7.97. The molecule has 0 atom stereocenters. The van der Waals surface area contributed by atoms with Gasteiger partial charge in [-0.3, -0.25) is 0 Å². The molecular formula is C13H13Cl2N3S. The number of thioether (sulfide) groups is 1. The van der Waals surface area contributed by atoms with Crippen LogP contribution in [0.5, 0.6) is 0 Å². The Bertz CT molecular complexity index is 625. The lowest BCUT2D eigenvalue weighted by molar-refractivity contribution is 0.853. The van der Waals surface area contributed by atoms with Crippen LogP contribution in [0.2, 0.25) is 10.0 Å². The molecule has 1 aromatic heterocycles. The van der Waals surface area contributed by atoms with Crippen LogP contribution in [0, 0.1) is 0 Å². The van der Waals surface area contributed by atoms with E-state index in [9.17, 15) is 0 Å². The van der Waals surface area contributed by atoms with Gasteiger partial charge in [-0.05, 0) is 30.9 Å². The summed E-state index contributed by atoms with van der Waals surface area (Å²) < 4.78 is 1.88. The highest BCUT2D eigenvalue weighted by atomic mass is 35.5. The summed E-state index contributed by atoms with van der Waals surface area (Å²) in [5, 5.41) is 9.38. The van der Waals surface area contributed by atoms with Gasteiger partial charge in [-0.15, -0.1) is 0 Å². The molecule has 1 aromatic carbocycles. The van der Waals surface area contributed by atoms with Gasteiger partial charge in [0.2, 0.25) is 0 Å². The second kappa shape index (κ2) is 5.27. The molecule has 19 heavy (non-hydrogen) atoms. The van der Waals surface area contributed by atoms with E-state index in [1.54, 1.807) is 23.9 Å². The van der Waals surface area contributed by atoms with Gasteiger partial charge in [0.25, 0.3) is 0 Å². The van der Waals surface area contributed by atoms with Gasteiger partial charge in [0.05, 0.1) is 16.4 Å². The molecule has 100 valence electrons. The minimum atomic E-state index is 0.652. The van der Waals surface area contributed by atoms with Crippen LogP contribution in [0.25, 0.3) is 5.69 Å². The molecule has 0 saturated heterocycles. The normalized spacial score (nSPS) is 13.4. The predicted octanol–water partition coefficient (Wildman–Crippen LogP) is 4.01. The quantitative estimate of drug-likeness (QED) is 0.928. The van der Waals surface area contributed by atoms with Crippen molar-refractivity contribution >= 4 is 40.8 Å². The van der Waals surface area contributed by atoms with E-state index in [1.165, 1.54) is 5.56 Å². The Morgan fingerprint density at radius 3 is 3.05 bits per heavy atom. The van der Waals surface area contributed by atoms with E-state index < -0.39 is 0 Å². The fourth-order valence-corrected chi connectivity index (χ4v) is 3.19. The van der Waals surface area contributed by atoms with Gasteiger partial charge in [0.15, 0.2) is 0 Å². The zero-order valence-corrected chi connectivity index (χ0v) is 12.7. The molecule has 3 nitrogen and oxygen atoms in total. The predicted molar refractivity (Wildman–Crippen MR) is 83.0 cm³/mol. The van der Waals surface area contributed by atoms with Gasteiger partial charge < -0.3 is 5.32 Å². The first-order chi connectivity index (χ1) is 9.20. The number of benzene rings is 1. The van der Waals surface area contributed by atoms with Gasteiger partial charge in [-0.25, -0.2) is 4.68 Å². The molecule has 3 rings (SSSR count). The lowest BCUT2D eigenvalue weighted by Gasteiger charge is -2.08. The Morgan fingerprint density at radius 1 is 1.42 bits per heavy atom. The molecule has 0 amide bonds. The number of nitrogens with one attached hydrogen (secondary N) is 1. The Labute approximate surface area is 126 Å². The topological polar surface area (TPSA) is 29.9 Å². The minimum Gasteiger partial charge on any atom is -0.369 e. The number of hydrogen-bond acceptors (Lipinski definition) is 3. The summed E-state index contributed by atoms with van der Waals surface area (Å²) in [4.78, 5) is 0. The Morgan fingerprint density at radius 2 is 2.26 bits per heavy atom. The Balaban J connectivity index is 2.15. The summed E-state index contributed by atoms with van der Waals surface area (Å²) in [5.41, 5.74) is 3.25. The van der Waals surface area contributed by atoms with E-state index in [0.29, 0.717) is 10.0 Å². The third kappa shape index (κ3) is 2.33. The zero-order valence-electron chi connectivity index (χ0n) is 10.4. The second-order valence-electron chi connectivity index (χ2n) is 4.39. The van der Waals surface area contributed by atoms with E-state index in [-0.39, 0.29) is 0 Å². The van der Waals surface area contributed by atoms with Crippen molar-refractivity contribution < 1.29 is 0 Å². The van der Waals surface area contributed by atoms with Gasteiger partial charge in [0, 0.05) is 22.9 Å². The van der Waals surface area contributed by atoms with Gasteiger partial charge >= 0.3 is 0 Å².